The zero-order valence-electron chi connectivity index (χ0n) is 33.6. The molecular formula is C50H53N2O3S+. The Hall–Kier alpha value is -5.20. The number of carbonyl (C=O) groups excluding carboxylic acids is 2. The van der Waals surface area contributed by atoms with E-state index in [1.807, 2.05) is 36.4 Å². The summed E-state index contributed by atoms with van der Waals surface area (Å²) in [7, 11) is 0. The zero-order chi connectivity index (χ0) is 39.5. The molecule has 0 fully saturated rings. The predicted molar refractivity (Wildman–Crippen MR) is 231 cm³/mol. The van der Waals surface area contributed by atoms with Crippen molar-refractivity contribution in [3.05, 3.63) is 172 Å². The lowest BCUT2D eigenvalue weighted by Crippen LogP contribution is -2.28. The van der Waals surface area contributed by atoms with Gasteiger partial charge in [-0.25, -0.2) is 4.79 Å². The Kier molecular flexibility index (Phi) is 11.5. The van der Waals surface area contributed by atoms with E-state index >= 15 is 0 Å². The fourth-order valence-corrected chi connectivity index (χ4v) is 9.39. The summed E-state index contributed by atoms with van der Waals surface area (Å²) in [5, 5.41) is -0.121. The molecule has 0 N–H and O–H groups in total. The number of ether oxygens (including phenoxy) is 1. The maximum Gasteiger partial charge on any atom is 0.344 e. The summed E-state index contributed by atoms with van der Waals surface area (Å²) in [5.41, 5.74) is 10.2. The number of esters is 1. The van der Waals surface area contributed by atoms with E-state index in [0.717, 1.165) is 68.1 Å². The van der Waals surface area contributed by atoms with E-state index in [4.69, 9.17) is 4.74 Å². The lowest BCUT2D eigenvalue weighted by Gasteiger charge is -2.27. The molecule has 0 aromatic heterocycles. The number of hydrogen-bond donors (Lipinski definition) is 0. The van der Waals surface area contributed by atoms with Crippen molar-refractivity contribution >= 4 is 39.9 Å². The SMILES string of the molecule is CCCN1/C(=C/C=C2\CCCC(/C=C/C3=[N+](CCC)c4ccccc4C3(C)C)=C2OC(=O)c2ccccc2SC(=O)c2ccccc2)C(C)(C)c2ccccc21. The molecule has 4 aromatic rings. The molecule has 5 nitrogen and oxygen atoms in total. The third-order valence-electron chi connectivity index (χ3n) is 11.4. The highest BCUT2D eigenvalue weighted by Gasteiger charge is 2.44. The van der Waals surface area contributed by atoms with E-state index in [9.17, 15) is 9.59 Å². The Bertz CT molecular complexity index is 2310. The summed E-state index contributed by atoms with van der Waals surface area (Å²) in [6, 6.07) is 33.8. The lowest BCUT2D eigenvalue weighted by molar-refractivity contribution is -0.437. The molecule has 0 bridgehead atoms. The fraction of sp³-hybridized carbons (Fsp3) is 0.300. The number of rotatable bonds is 11. The summed E-state index contributed by atoms with van der Waals surface area (Å²) >= 11 is 1.06. The van der Waals surface area contributed by atoms with Crippen LogP contribution in [0, 0.1) is 0 Å². The van der Waals surface area contributed by atoms with E-state index in [1.54, 1.807) is 18.2 Å². The number of allylic oxidation sites excluding steroid dienone is 7. The predicted octanol–water partition coefficient (Wildman–Crippen LogP) is 12.3. The molecule has 0 saturated heterocycles. The van der Waals surface area contributed by atoms with Gasteiger partial charge in [0.05, 0.1) is 11.0 Å². The van der Waals surface area contributed by atoms with Crippen molar-refractivity contribution in [2.45, 2.75) is 89.4 Å². The van der Waals surface area contributed by atoms with Crippen LogP contribution in [0.5, 0.6) is 0 Å². The van der Waals surface area contributed by atoms with Gasteiger partial charge in [-0.05, 0) is 98.4 Å². The molecule has 3 aliphatic rings. The van der Waals surface area contributed by atoms with E-state index in [2.05, 4.69) is 124 Å². The van der Waals surface area contributed by atoms with Gasteiger partial charge in [0.15, 0.2) is 5.71 Å². The summed E-state index contributed by atoms with van der Waals surface area (Å²) in [6.07, 6.45) is 13.4. The smallest absolute Gasteiger partial charge is 0.344 e. The van der Waals surface area contributed by atoms with Gasteiger partial charge in [0.1, 0.15) is 12.3 Å². The van der Waals surface area contributed by atoms with Gasteiger partial charge in [-0.2, -0.15) is 4.58 Å². The molecule has 7 rings (SSSR count). The molecule has 2 heterocycles. The van der Waals surface area contributed by atoms with Crippen LogP contribution in [0.3, 0.4) is 0 Å². The largest absolute Gasteiger partial charge is 0.422 e. The molecule has 0 spiro atoms. The van der Waals surface area contributed by atoms with Gasteiger partial charge >= 0.3 is 5.97 Å². The van der Waals surface area contributed by atoms with Crippen molar-refractivity contribution in [2.24, 2.45) is 0 Å². The van der Waals surface area contributed by atoms with E-state index < -0.39 is 5.97 Å². The van der Waals surface area contributed by atoms with Gasteiger partial charge in [0, 0.05) is 57.9 Å². The minimum Gasteiger partial charge on any atom is -0.422 e. The molecule has 0 radical (unpaired) electrons. The number of fused-ring (bicyclic) bond motifs is 2. The quantitative estimate of drug-likeness (QED) is 0.0865. The Morgan fingerprint density at radius 3 is 2.23 bits per heavy atom. The molecule has 56 heavy (non-hydrogen) atoms. The average Bonchev–Trinajstić information content (AvgIpc) is 3.55. The number of carbonyl (C=O) groups is 2. The highest BCUT2D eigenvalue weighted by Crippen LogP contribution is 2.48. The van der Waals surface area contributed by atoms with Crippen LogP contribution in [0.2, 0.25) is 0 Å². The van der Waals surface area contributed by atoms with Gasteiger partial charge in [0.2, 0.25) is 10.8 Å². The van der Waals surface area contributed by atoms with Crippen LogP contribution in [0.4, 0.5) is 11.4 Å². The molecule has 6 heteroatoms. The second kappa shape index (κ2) is 16.5. The highest BCUT2D eigenvalue weighted by atomic mass is 32.2. The Morgan fingerprint density at radius 1 is 0.768 bits per heavy atom. The van der Waals surface area contributed by atoms with Crippen molar-refractivity contribution in [1.82, 2.24) is 0 Å². The van der Waals surface area contributed by atoms with Crippen LogP contribution in [0.15, 0.2) is 155 Å². The lowest BCUT2D eigenvalue weighted by atomic mass is 9.81. The fourth-order valence-electron chi connectivity index (χ4n) is 8.53. The Balaban J connectivity index is 1.31. The highest BCUT2D eigenvalue weighted by molar-refractivity contribution is 8.14. The first-order chi connectivity index (χ1) is 27.1. The van der Waals surface area contributed by atoms with E-state index in [0.29, 0.717) is 21.8 Å². The van der Waals surface area contributed by atoms with Gasteiger partial charge in [0.25, 0.3) is 0 Å². The minimum atomic E-state index is -0.467. The molecular weight excluding hydrogens is 709 g/mol. The number of thioether (sulfide) groups is 1. The standard InChI is InChI=1S/C50H53N2O3S/c1-7-33-51-41-26-15-13-24-39(41)49(3,4)44(51)31-29-35-21-18-22-36(30-32-45-50(5,6)40-25-14-16-27-42(40)52(45)34-8-2)46(35)55-47(53)38-23-12-17-28-43(38)56-48(54)37-19-10-9-11-20-37/h9-17,19-20,23-32H,7-8,18,21-22,33-34H2,1-6H3/q+1. The van der Waals surface area contributed by atoms with Gasteiger partial charge in [-0.15, -0.1) is 0 Å². The molecule has 1 aliphatic carbocycles. The average molecular weight is 762 g/mol. The Labute approximate surface area is 337 Å². The van der Waals surface area contributed by atoms with Crippen molar-refractivity contribution in [3.8, 4) is 0 Å². The summed E-state index contributed by atoms with van der Waals surface area (Å²) in [4.78, 5) is 30.7. The second-order valence-electron chi connectivity index (χ2n) is 15.9. The maximum atomic E-state index is 14.4. The van der Waals surface area contributed by atoms with Crippen molar-refractivity contribution in [3.63, 3.8) is 0 Å². The second-order valence-corrected chi connectivity index (χ2v) is 16.9. The molecule has 0 saturated carbocycles. The first-order valence-corrected chi connectivity index (χ1v) is 20.9. The first-order valence-electron chi connectivity index (χ1n) is 20.1. The van der Waals surface area contributed by atoms with Crippen LogP contribution in [-0.4, -0.2) is 34.5 Å². The molecule has 2 aliphatic heterocycles. The zero-order valence-corrected chi connectivity index (χ0v) is 34.4. The first kappa shape index (κ1) is 39.1. The molecule has 0 unspecified atom stereocenters. The number of para-hydroxylation sites is 2. The van der Waals surface area contributed by atoms with Gasteiger partial charge < -0.3 is 9.64 Å². The monoisotopic (exact) mass is 761 g/mol. The summed E-state index contributed by atoms with van der Waals surface area (Å²) < 4.78 is 9.01. The van der Waals surface area contributed by atoms with Crippen molar-refractivity contribution in [1.29, 1.82) is 0 Å². The van der Waals surface area contributed by atoms with Crippen molar-refractivity contribution < 1.29 is 18.9 Å². The number of benzene rings is 4. The number of anilines is 1. The molecule has 0 atom stereocenters. The van der Waals surface area contributed by atoms with Crippen LogP contribution >= 0.6 is 11.8 Å². The normalized spacial score (nSPS) is 18.6. The van der Waals surface area contributed by atoms with Crippen LogP contribution in [0.1, 0.15) is 105 Å². The summed E-state index contributed by atoms with van der Waals surface area (Å²) in [5.74, 6) is 0.139. The van der Waals surface area contributed by atoms with Gasteiger partial charge in [-0.1, -0.05) is 113 Å². The molecule has 4 aromatic carbocycles. The van der Waals surface area contributed by atoms with Crippen LogP contribution < -0.4 is 4.90 Å². The molecule has 286 valence electrons. The van der Waals surface area contributed by atoms with Crippen molar-refractivity contribution in [2.75, 3.05) is 18.0 Å². The third kappa shape index (κ3) is 7.52. The topological polar surface area (TPSA) is 49.6 Å². The van der Waals surface area contributed by atoms with E-state index in [-0.39, 0.29) is 15.9 Å². The Morgan fingerprint density at radius 2 is 1.46 bits per heavy atom. The maximum absolute atomic E-state index is 14.4. The molecule has 0 amide bonds. The van der Waals surface area contributed by atoms with Gasteiger partial charge in [-0.3, -0.25) is 4.79 Å². The van der Waals surface area contributed by atoms with Crippen LogP contribution in [0.25, 0.3) is 0 Å². The third-order valence-corrected chi connectivity index (χ3v) is 12.4. The van der Waals surface area contributed by atoms with Crippen LogP contribution in [-0.2, 0) is 15.6 Å². The minimum absolute atomic E-state index is 0.121. The van der Waals surface area contributed by atoms with E-state index in [1.165, 1.54) is 33.9 Å². The number of nitrogens with zero attached hydrogens (tertiary/aromatic N) is 2. The number of hydrogen-bond acceptors (Lipinski definition) is 5. The summed E-state index contributed by atoms with van der Waals surface area (Å²) in [6.45, 7) is 15.5.